The van der Waals surface area contributed by atoms with Gasteiger partial charge in [0.15, 0.2) is 0 Å². The van der Waals surface area contributed by atoms with E-state index in [1.165, 1.54) is 0 Å². The fourth-order valence-electron chi connectivity index (χ4n) is 2.15. The third-order valence-electron chi connectivity index (χ3n) is 3.26. The molecule has 5 heteroatoms. The third-order valence-corrected chi connectivity index (χ3v) is 3.26. The topological polar surface area (TPSA) is 71.2 Å². The Labute approximate surface area is 127 Å². The first-order valence-electron chi connectivity index (χ1n) is 7.61. The van der Waals surface area contributed by atoms with Crippen molar-refractivity contribution in [1.29, 1.82) is 0 Å². The lowest BCUT2D eigenvalue weighted by atomic mass is 9.90. The van der Waals surface area contributed by atoms with Gasteiger partial charge in [-0.15, -0.1) is 0 Å². The second kappa shape index (κ2) is 7.41. The van der Waals surface area contributed by atoms with Crippen LogP contribution in [0, 0.1) is 0 Å². The number of hydrogen-bond donors (Lipinski definition) is 2. The van der Waals surface area contributed by atoms with Gasteiger partial charge in [0.1, 0.15) is 5.82 Å². The van der Waals surface area contributed by atoms with E-state index in [0.717, 1.165) is 31.6 Å². The van der Waals surface area contributed by atoms with Gasteiger partial charge in [-0.3, -0.25) is 4.79 Å². The summed E-state index contributed by atoms with van der Waals surface area (Å²) in [5.74, 6) is 6.06. The second-order valence-corrected chi connectivity index (χ2v) is 6.31. The highest BCUT2D eigenvalue weighted by Gasteiger charge is 2.21. The Balaban J connectivity index is 3.18. The van der Waals surface area contributed by atoms with Gasteiger partial charge in [-0.1, -0.05) is 34.6 Å². The molecule has 0 fully saturated rings. The van der Waals surface area contributed by atoms with Gasteiger partial charge < -0.3 is 10.3 Å². The van der Waals surface area contributed by atoms with Crippen molar-refractivity contribution in [2.75, 3.05) is 18.5 Å². The first kappa shape index (κ1) is 17.4. The Kier molecular flexibility index (Phi) is 6.15. The highest BCUT2D eigenvalue weighted by atomic mass is 16.2. The minimum Gasteiger partial charge on any atom is -0.339 e. The molecule has 3 N–H and O–H groups in total. The first-order chi connectivity index (χ1) is 9.83. The molecule has 1 aromatic heterocycles. The molecule has 0 atom stereocenters. The molecule has 21 heavy (non-hydrogen) atoms. The average Bonchev–Trinajstić information content (AvgIpc) is 2.44. The standard InChI is InChI=1S/C16H28N4O/c1-6-8-20(9-7-2)15(21)12-10-13(16(3,4)5)18-14(11-12)19-17/h10-11H,6-9,17H2,1-5H3,(H,18,19). The molecule has 1 rings (SSSR count). The van der Waals surface area contributed by atoms with E-state index < -0.39 is 0 Å². The number of anilines is 1. The Hall–Kier alpha value is -1.62. The third kappa shape index (κ3) is 4.70. The van der Waals surface area contributed by atoms with Crippen LogP contribution in [0.2, 0.25) is 0 Å². The van der Waals surface area contributed by atoms with E-state index in [1.807, 2.05) is 11.0 Å². The van der Waals surface area contributed by atoms with Gasteiger partial charge in [-0.25, -0.2) is 10.8 Å². The molecular weight excluding hydrogens is 264 g/mol. The number of rotatable bonds is 6. The Morgan fingerprint density at radius 3 is 2.24 bits per heavy atom. The minimum atomic E-state index is -0.137. The lowest BCUT2D eigenvalue weighted by Gasteiger charge is -2.24. The maximum absolute atomic E-state index is 12.7. The largest absolute Gasteiger partial charge is 0.339 e. The Morgan fingerprint density at radius 2 is 1.81 bits per heavy atom. The summed E-state index contributed by atoms with van der Waals surface area (Å²) >= 11 is 0. The zero-order valence-corrected chi connectivity index (χ0v) is 13.9. The summed E-state index contributed by atoms with van der Waals surface area (Å²) in [5.41, 5.74) is 3.92. The van der Waals surface area contributed by atoms with Crippen LogP contribution in [0.4, 0.5) is 5.82 Å². The van der Waals surface area contributed by atoms with Crippen molar-refractivity contribution in [2.24, 2.45) is 5.84 Å². The predicted molar refractivity (Wildman–Crippen MR) is 87.2 cm³/mol. The summed E-state index contributed by atoms with van der Waals surface area (Å²) in [6.45, 7) is 11.9. The van der Waals surface area contributed by atoms with Crippen molar-refractivity contribution in [3.05, 3.63) is 23.4 Å². The smallest absolute Gasteiger partial charge is 0.254 e. The number of aromatic nitrogens is 1. The number of hydrogen-bond acceptors (Lipinski definition) is 4. The zero-order valence-electron chi connectivity index (χ0n) is 13.9. The number of amides is 1. The predicted octanol–water partition coefficient (Wildman–Crippen LogP) is 2.93. The summed E-state index contributed by atoms with van der Waals surface area (Å²) < 4.78 is 0. The van der Waals surface area contributed by atoms with Crippen LogP contribution in [0.1, 0.15) is 63.5 Å². The van der Waals surface area contributed by atoms with E-state index in [1.54, 1.807) is 6.07 Å². The van der Waals surface area contributed by atoms with Gasteiger partial charge in [0, 0.05) is 29.8 Å². The fraction of sp³-hybridized carbons (Fsp3) is 0.625. The number of nitrogens with one attached hydrogen (secondary N) is 1. The number of hydrazine groups is 1. The monoisotopic (exact) mass is 292 g/mol. The number of nitrogen functional groups attached to an aromatic ring is 1. The zero-order chi connectivity index (χ0) is 16.0. The molecule has 0 radical (unpaired) electrons. The molecule has 0 saturated heterocycles. The van der Waals surface area contributed by atoms with Crippen molar-refractivity contribution in [3.63, 3.8) is 0 Å². The molecule has 0 saturated carbocycles. The van der Waals surface area contributed by atoms with Crippen molar-refractivity contribution in [1.82, 2.24) is 9.88 Å². The normalized spacial score (nSPS) is 11.3. The quantitative estimate of drug-likeness (QED) is 0.624. The van der Waals surface area contributed by atoms with Crippen molar-refractivity contribution in [2.45, 2.75) is 52.9 Å². The van der Waals surface area contributed by atoms with E-state index in [0.29, 0.717) is 11.4 Å². The Bertz CT molecular complexity index is 474. The summed E-state index contributed by atoms with van der Waals surface area (Å²) in [7, 11) is 0. The van der Waals surface area contributed by atoms with E-state index in [9.17, 15) is 4.79 Å². The van der Waals surface area contributed by atoms with E-state index in [-0.39, 0.29) is 11.3 Å². The molecular formula is C16H28N4O. The summed E-state index contributed by atoms with van der Waals surface area (Å²) in [5, 5.41) is 0. The van der Waals surface area contributed by atoms with Gasteiger partial charge >= 0.3 is 0 Å². The molecule has 0 aromatic carbocycles. The number of nitrogens with two attached hydrogens (primary N) is 1. The number of carbonyl (C=O) groups excluding carboxylic acids is 1. The molecule has 1 amide bonds. The number of pyridine rings is 1. The minimum absolute atomic E-state index is 0.0445. The van der Waals surface area contributed by atoms with Gasteiger partial charge in [0.25, 0.3) is 5.91 Å². The average molecular weight is 292 g/mol. The fourth-order valence-corrected chi connectivity index (χ4v) is 2.15. The van der Waals surface area contributed by atoms with E-state index >= 15 is 0 Å². The van der Waals surface area contributed by atoms with E-state index in [2.05, 4.69) is 45.0 Å². The highest BCUT2D eigenvalue weighted by molar-refractivity contribution is 5.95. The lowest BCUT2D eigenvalue weighted by Crippen LogP contribution is -2.33. The van der Waals surface area contributed by atoms with Crippen LogP contribution in [0.25, 0.3) is 0 Å². The molecule has 0 aliphatic carbocycles. The van der Waals surface area contributed by atoms with Gasteiger partial charge in [0.05, 0.1) is 0 Å². The van der Waals surface area contributed by atoms with Crippen LogP contribution in [-0.2, 0) is 5.41 Å². The SMILES string of the molecule is CCCN(CCC)C(=O)c1cc(NN)nc(C(C)(C)C)c1. The molecule has 5 nitrogen and oxygen atoms in total. The maximum atomic E-state index is 12.7. The molecule has 0 unspecified atom stereocenters. The maximum Gasteiger partial charge on any atom is 0.254 e. The van der Waals surface area contributed by atoms with Crippen LogP contribution in [0.15, 0.2) is 12.1 Å². The van der Waals surface area contributed by atoms with Crippen LogP contribution >= 0.6 is 0 Å². The Morgan fingerprint density at radius 1 is 1.24 bits per heavy atom. The van der Waals surface area contributed by atoms with Gasteiger partial charge in [-0.2, -0.15) is 0 Å². The molecule has 118 valence electrons. The summed E-state index contributed by atoms with van der Waals surface area (Å²) in [6, 6.07) is 3.59. The van der Waals surface area contributed by atoms with Crippen LogP contribution in [0.3, 0.4) is 0 Å². The van der Waals surface area contributed by atoms with Crippen LogP contribution < -0.4 is 11.3 Å². The van der Waals surface area contributed by atoms with Gasteiger partial charge in [0.2, 0.25) is 0 Å². The molecule has 0 aliphatic heterocycles. The molecule has 0 bridgehead atoms. The van der Waals surface area contributed by atoms with Crippen molar-refractivity contribution < 1.29 is 4.79 Å². The van der Waals surface area contributed by atoms with Crippen molar-refractivity contribution in [3.8, 4) is 0 Å². The molecule has 1 heterocycles. The van der Waals surface area contributed by atoms with Crippen LogP contribution in [0.5, 0.6) is 0 Å². The first-order valence-corrected chi connectivity index (χ1v) is 7.61. The number of carbonyl (C=O) groups is 1. The molecule has 0 spiro atoms. The summed E-state index contributed by atoms with van der Waals surface area (Å²) in [6.07, 6.45) is 1.90. The van der Waals surface area contributed by atoms with E-state index in [4.69, 9.17) is 5.84 Å². The molecule has 0 aliphatic rings. The highest BCUT2D eigenvalue weighted by Crippen LogP contribution is 2.24. The van der Waals surface area contributed by atoms with Crippen LogP contribution in [-0.4, -0.2) is 28.9 Å². The second-order valence-electron chi connectivity index (χ2n) is 6.31. The van der Waals surface area contributed by atoms with Gasteiger partial charge in [-0.05, 0) is 25.0 Å². The number of nitrogens with zero attached hydrogens (tertiary/aromatic N) is 2. The lowest BCUT2D eigenvalue weighted by molar-refractivity contribution is 0.0755. The molecule has 1 aromatic rings. The van der Waals surface area contributed by atoms with Crippen molar-refractivity contribution >= 4 is 11.7 Å². The summed E-state index contributed by atoms with van der Waals surface area (Å²) in [4.78, 5) is 19.0.